The molecule has 0 aliphatic heterocycles. The van der Waals surface area contributed by atoms with Crippen LogP contribution in [0.4, 0.5) is 11.5 Å². The van der Waals surface area contributed by atoms with Crippen LogP contribution >= 0.6 is 0 Å². The first-order chi connectivity index (χ1) is 9.60. The highest BCUT2D eigenvalue weighted by Gasteiger charge is 2.16. The van der Waals surface area contributed by atoms with Crippen LogP contribution in [0.25, 0.3) is 0 Å². The topological polar surface area (TPSA) is 110 Å². The van der Waals surface area contributed by atoms with Crippen molar-refractivity contribution in [1.82, 2.24) is 14.8 Å². The van der Waals surface area contributed by atoms with Gasteiger partial charge >= 0.3 is 5.69 Å². The lowest BCUT2D eigenvalue weighted by Crippen LogP contribution is -2.08. The average Bonchev–Trinajstić information content (AvgIpc) is 2.84. The number of nitriles is 1. The van der Waals surface area contributed by atoms with E-state index in [2.05, 4.69) is 15.4 Å². The fourth-order valence-corrected chi connectivity index (χ4v) is 1.72. The molecule has 8 heteroatoms. The highest BCUT2D eigenvalue weighted by atomic mass is 16.6. The lowest BCUT2D eigenvalue weighted by Gasteiger charge is -2.05. The molecule has 0 unspecified atom stereocenters. The lowest BCUT2D eigenvalue weighted by molar-refractivity contribution is -0.384. The van der Waals surface area contributed by atoms with E-state index in [9.17, 15) is 10.1 Å². The van der Waals surface area contributed by atoms with Crippen LogP contribution in [0, 0.1) is 21.4 Å². The molecule has 0 aromatic carbocycles. The van der Waals surface area contributed by atoms with E-state index in [0.29, 0.717) is 13.0 Å². The van der Waals surface area contributed by atoms with Crippen molar-refractivity contribution in [3.05, 3.63) is 45.9 Å². The molecule has 2 heterocycles. The minimum Gasteiger partial charge on any atom is -0.364 e. The van der Waals surface area contributed by atoms with Crippen molar-refractivity contribution in [2.75, 3.05) is 11.9 Å². The van der Waals surface area contributed by atoms with E-state index >= 15 is 0 Å². The van der Waals surface area contributed by atoms with Gasteiger partial charge in [-0.15, -0.1) is 0 Å². The van der Waals surface area contributed by atoms with Crippen LogP contribution in [0.1, 0.15) is 11.1 Å². The highest BCUT2D eigenvalue weighted by molar-refractivity contribution is 5.58. The first-order valence-electron chi connectivity index (χ1n) is 5.86. The number of anilines is 1. The summed E-state index contributed by atoms with van der Waals surface area (Å²) in [5.74, 6) is 0.165. The van der Waals surface area contributed by atoms with Crippen LogP contribution in [0.2, 0.25) is 0 Å². The summed E-state index contributed by atoms with van der Waals surface area (Å²) in [7, 11) is 1.82. The zero-order valence-electron chi connectivity index (χ0n) is 10.8. The van der Waals surface area contributed by atoms with Crippen LogP contribution in [0.3, 0.4) is 0 Å². The number of rotatable bonds is 5. The van der Waals surface area contributed by atoms with Crippen molar-refractivity contribution in [2.45, 2.75) is 6.42 Å². The molecular weight excluding hydrogens is 260 g/mol. The van der Waals surface area contributed by atoms with Crippen molar-refractivity contribution in [2.24, 2.45) is 7.05 Å². The Morgan fingerprint density at radius 3 is 2.95 bits per heavy atom. The third kappa shape index (κ3) is 3.08. The van der Waals surface area contributed by atoms with E-state index in [1.165, 1.54) is 12.3 Å². The van der Waals surface area contributed by atoms with Crippen LogP contribution in [0.5, 0.6) is 0 Å². The Balaban J connectivity index is 2.05. The van der Waals surface area contributed by atoms with E-state index in [4.69, 9.17) is 5.26 Å². The maximum atomic E-state index is 10.9. The Labute approximate surface area is 114 Å². The van der Waals surface area contributed by atoms with Gasteiger partial charge in [-0.25, -0.2) is 4.98 Å². The molecule has 0 radical (unpaired) electrons. The molecular formula is C12H12N6O2. The number of pyridine rings is 1. The van der Waals surface area contributed by atoms with Gasteiger partial charge in [-0.05, 0) is 12.0 Å². The van der Waals surface area contributed by atoms with Gasteiger partial charge in [0, 0.05) is 32.1 Å². The van der Waals surface area contributed by atoms with Gasteiger partial charge in [0.15, 0.2) is 0 Å². The number of nitrogens with one attached hydrogen (secondary N) is 1. The quantitative estimate of drug-likeness (QED) is 0.648. The Bertz CT molecular complexity index is 673. The zero-order chi connectivity index (χ0) is 14.5. The second-order valence-corrected chi connectivity index (χ2v) is 4.16. The Kier molecular flexibility index (Phi) is 3.91. The van der Waals surface area contributed by atoms with E-state index in [0.717, 1.165) is 5.56 Å². The van der Waals surface area contributed by atoms with E-state index in [-0.39, 0.29) is 17.1 Å². The standard InChI is InChI=1S/C12H12N6O2/c1-17-8-9(7-16-17)2-3-14-12-11(18(19)20)4-10(5-13)6-15-12/h4,6-8H,2-3H2,1H3,(H,14,15). The fourth-order valence-electron chi connectivity index (χ4n) is 1.72. The molecule has 0 saturated carbocycles. The maximum absolute atomic E-state index is 10.9. The smallest absolute Gasteiger partial charge is 0.312 e. The minimum absolute atomic E-state index is 0.162. The van der Waals surface area contributed by atoms with Crippen LogP contribution < -0.4 is 5.32 Å². The lowest BCUT2D eigenvalue weighted by atomic mass is 10.2. The molecule has 2 aromatic heterocycles. The van der Waals surface area contributed by atoms with Crippen molar-refractivity contribution in [3.8, 4) is 6.07 Å². The number of aromatic nitrogens is 3. The monoisotopic (exact) mass is 272 g/mol. The van der Waals surface area contributed by atoms with Crippen LogP contribution in [-0.4, -0.2) is 26.2 Å². The van der Waals surface area contributed by atoms with E-state index in [1.54, 1.807) is 10.9 Å². The van der Waals surface area contributed by atoms with Crippen molar-refractivity contribution < 1.29 is 4.92 Å². The molecule has 0 spiro atoms. The first kappa shape index (κ1) is 13.5. The molecule has 8 nitrogen and oxygen atoms in total. The first-order valence-corrected chi connectivity index (χ1v) is 5.86. The molecule has 102 valence electrons. The summed E-state index contributed by atoms with van der Waals surface area (Å²) < 4.78 is 1.69. The van der Waals surface area contributed by atoms with E-state index in [1.807, 2.05) is 19.3 Å². The minimum atomic E-state index is -0.555. The molecule has 0 atom stereocenters. The van der Waals surface area contributed by atoms with Gasteiger partial charge in [0.1, 0.15) is 6.07 Å². The van der Waals surface area contributed by atoms with Crippen LogP contribution in [0.15, 0.2) is 24.7 Å². The molecule has 0 saturated heterocycles. The molecule has 0 aliphatic carbocycles. The summed E-state index contributed by atoms with van der Waals surface area (Å²) in [6.45, 7) is 0.492. The molecule has 2 aromatic rings. The van der Waals surface area contributed by atoms with Gasteiger partial charge < -0.3 is 5.32 Å². The van der Waals surface area contributed by atoms with Crippen molar-refractivity contribution >= 4 is 11.5 Å². The predicted molar refractivity (Wildman–Crippen MR) is 71.0 cm³/mol. The normalized spacial score (nSPS) is 10.0. The summed E-state index contributed by atoms with van der Waals surface area (Å²) in [6, 6.07) is 3.04. The predicted octanol–water partition coefficient (Wildman–Crippen LogP) is 1.25. The second kappa shape index (κ2) is 5.79. The van der Waals surface area contributed by atoms with E-state index < -0.39 is 4.92 Å². The third-order valence-electron chi connectivity index (χ3n) is 2.66. The summed E-state index contributed by atoms with van der Waals surface area (Å²) in [5, 5.41) is 26.6. The highest BCUT2D eigenvalue weighted by Crippen LogP contribution is 2.22. The molecule has 20 heavy (non-hydrogen) atoms. The summed E-state index contributed by atoms with van der Waals surface area (Å²) in [6.07, 6.45) is 5.59. The third-order valence-corrected chi connectivity index (χ3v) is 2.66. The van der Waals surface area contributed by atoms with Gasteiger partial charge in [-0.3, -0.25) is 14.8 Å². The van der Waals surface area contributed by atoms with Gasteiger partial charge in [0.2, 0.25) is 5.82 Å². The number of hydrogen-bond donors (Lipinski definition) is 1. The number of hydrogen-bond acceptors (Lipinski definition) is 6. The molecule has 1 N–H and O–H groups in total. The largest absolute Gasteiger partial charge is 0.364 e. The van der Waals surface area contributed by atoms with Gasteiger partial charge in [-0.2, -0.15) is 10.4 Å². The van der Waals surface area contributed by atoms with Gasteiger partial charge in [0.25, 0.3) is 0 Å². The number of aryl methyl sites for hydroxylation is 1. The molecule has 0 fully saturated rings. The molecule has 0 bridgehead atoms. The second-order valence-electron chi connectivity index (χ2n) is 4.16. The Hall–Kier alpha value is -2.95. The fraction of sp³-hybridized carbons (Fsp3) is 0.250. The van der Waals surface area contributed by atoms with Gasteiger partial charge in [0.05, 0.1) is 16.7 Å². The van der Waals surface area contributed by atoms with Gasteiger partial charge in [-0.1, -0.05) is 0 Å². The number of nitro groups is 1. The molecule has 2 rings (SSSR count). The maximum Gasteiger partial charge on any atom is 0.312 e. The van der Waals surface area contributed by atoms with Crippen molar-refractivity contribution in [3.63, 3.8) is 0 Å². The number of nitrogens with zero attached hydrogens (tertiary/aromatic N) is 5. The van der Waals surface area contributed by atoms with Crippen LogP contribution in [-0.2, 0) is 13.5 Å². The zero-order valence-corrected chi connectivity index (χ0v) is 10.8. The Morgan fingerprint density at radius 1 is 1.55 bits per heavy atom. The summed E-state index contributed by atoms with van der Waals surface area (Å²) >= 11 is 0. The average molecular weight is 272 g/mol. The van der Waals surface area contributed by atoms with Crippen molar-refractivity contribution in [1.29, 1.82) is 5.26 Å². The Morgan fingerprint density at radius 2 is 2.35 bits per heavy atom. The molecule has 0 amide bonds. The SMILES string of the molecule is Cn1cc(CCNc2ncc(C#N)cc2[N+](=O)[O-])cn1. The summed E-state index contributed by atoms with van der Waals surface area (Å²) in [5.41, 5.74) is 0.987. The summed E-state index contributed by atoms with van der Waals surface area (Å²) in [4.78, 5) is 14.3. The molecule has 0 aliphatic rings.